The number of carboxylic acid groups (broad SMARTS) is 1. The Kier molecular flexibility index (Phi) is 7.28. The van der Waals surface area contributed by atoms with E-state index in [1.54, 1.807) is 0 Å². The smallest absolute Gasteiger partial charge is 0.352 e. The first kappa shape index (κ1) is 21.9. The molecule has 1 saturated heterocycles. The number of hydrogen-bond acceptors (Lipinski definition) is 8. The number of nitrogens with one attached hydrogen (secondary N) is 2. The van der Waals surface area contributed by atoms with Crippen molar-refractivity contribution in [2.24, 2.45) is 0 Å². The summed E-state index contributed by atoms with van der Waals surface area (Å²) < 4.78 is 0.754. The molecule has 3 N–H and O–H groups in total. The highest BCUT2D eigenvalue weighted by molar-refractivity contribution is 9.12. The van der Waals surface area contributed by atoms with Crippen LogP contribution in [0.25, 0.3) is 0 Å². The van der Waals surface area contributed by atoms with Gasteiger partial charge in [0.05, 0.1) is 4.95 Å². The number of carbonyl (C=O) groups is 3. The first-order chi connectivity index (χ1) is 13.3. The average Bonchev–Trinajstić information content (AvgIpc) is 3.08. The van der Waals surface area contributed by atoms with Crippen LogP contribution in [0, 0.1) is 6.92 Å². The van der Waals surface area contributed by atoms with Crippen molar-refractivity contribution in [3.63, 3.8) is 0 Å². The van der Waals surface area contributed by atoms with Gasteiger partial charge in [0.25, 0.3) is 5.91 Å². The minimum Gasteiger partial charge on any atom is -0.477 e. The summed E-state index contributed by atoms with van der Waals surface area (Å²) in [5, 5.41) is 23.8. The fourth-order valence-electron chi connectivity index (χ4n) is 2.64. The van der Waals surface area contributed by atoms with Crippen LogP contribution in [0.2, 0.25) is 0 Å². The van der Waals surface area contributed by atoms with Crippen molar-refractivity contribution < 1.29 is 19.5 Å². The molecule has 0 radical (unpaired) electrons. The molecule has 1 aromatic heterocycles. The van der Waals surface area contributed by atoms with Crippen molar-refractivity contribution in [2.45, 2.75) is 27.6 Å². The lowest BCUT2D eigenvalue weighted by Crippen LogP contribution is -2.71. The predicted octanol–water partition coefficient (Wildman–Crippen LogP) is 1.98. The Morgan fingerprint density at radius 3 is 2.82 bits per heavy atom. The molecule has 9 nitrogen and oxygen atoms in total. The number of aliphatic carboxylic acids is 1. The van der Waals surface area contributed by atoms with Crippen LogP contribution < -0.4 is 10.6 Å². The number of rotatable bonds is 7. The first-order valence-electron chi connectivity index (χ1n) is 7.91. The van der Waals surface area contributed by atoms with Gasteiger partial charge in [-0.1, -0.05) is 55.0 Å². The Labute approximate surface area is 189 Å². The maximum Gasteiger partial charge on any atom is 0.352 e. The normalized spacial score (nSPS) is 22.4. The molecule has 3 rings (SSSR count). The van der Waals surface area contributed by atoms with E-state index >= 15 is 0 Å². The number of nitrogens with zero attached hydrogens (tertiary/aromatic N) is 3. The number of aryl methyl sites for hydroxylation is 1. The molecule has 1 fully saturated rings. The molecule has 0 aliphatic carbocycles. The molecule has 3 heterocycles. The third-order valence-corrected chi connectivity index (χ3v) is 9.30. The second-order valence-corrected chi connectivity index (χ2v) is 11.0. The minimum absolute atomic E-state index is 0.000211. The monoisotopic (exact) mass is 571 g/mol. The molecule has 28 heavy (non-hydrogen) atoms. The molecule has 3 atom stereocenters. The number of urea groups is 1. The molecule has 0 aromatic carbocycles. The second-order valence-electron chi connectivity index (χ2n) is 5.76. The third kappa shape index (κ3) is 4.66. The van der Waals surface area contributed by atoms with E-state index in [0.29, 0.717) is 22.4 Å². The van der Waals surface area contributed by atoms with Crippen LogP contribution in [0.3, 0.4) is 0 Å². The van der Waals surface area contributed by atoms with Gasteiger partial charge >= 0.3 is 12.0 Å². The van der Waals surface area contributed by atoms with Crippen LogP contribution in [0.4, 0.5) is 4.79 Å². The Bertz CT molecular complexity index is 836. The maximum atomic E-state index is 12.5. The summed E-state index contributed by atoms with van der Waals surface area (Å²) in [4.78, 5) is 37.3. The van der Waals surface area contributed by atoms with E-state index in [2.05, 4.69) is 52.7 Å². The number of fused-ring (bicyclic) bond motifs is 1. The molecule has 1 aromatic rings. The van der Waals surface area contributed by atoms with Crippen molar-refractivity contribution in [3.05, 3.63) is 16.3 Å². The van der Waals surface area contributed by atoms with Gasteiger partial charge in [-0.25, -0.2) is 9.59 Å². The number of alkyl halides is 2. The van der Waals surface area contributed by atoms with E-state index in [4.69, 9.17) is 0 Å². The zero-order valence-electron chi connectivity index (χ0n) is 14.3. The topological polar surface area (TPSA) is 125 Å². The zero-order chi connectivity index (χ0) is 20.4. The van der Waals surface area contributed by atoms with Gasteiger partial charge in [-0.3, -0.25) is 9.69 Å². The lowest BCUT2D eigenvalue weighted by atomic mass is 10.0. The summed E-state index contributed by atoms with van der Waals surface area (Å²) in [5.74, 6) is -0.702. The van der Waals surface area contributed by atoms with Crippen molar-refractivity contribution in [1.29, 1.82) is 0 Å². The van der Waals surface area contributed by atoms with Crippen LogP contribution in [0.1, 0.15) is 5.01 Å². The van der Waals surface area contributed by atoms with Gasteiger partial charge in [-0.05, 0) is 12.5 Å². The minimum atomic E-state index is -1.15. The molecular weight excluding hydrogens is 558 g/mol. The zero-order valence-corrected chi connectivity index (χ0v) is 20.0. The molecule has 0 spiro atoms. The van der Waals surface area contributed by atoms with Crippen molar-refractivity contribution in [1.82, 2.24) is 25.7 Å². The predicted molar refractivity (Wildman–Crippen MR) is 115 cm³/mol. The number of β-lactam (4-membered cyclic amide) rings is 1. The number of amides is 3. The summed E-state index contributed by atoms with van der Waals surface area (Å²) in [6.45, 7) is 1.85. The van der Waals surface area contributed by atoms with E-state index < -0.39 is 29.3 Å². The summed E-state index contributed by atoms with van der Waals surface area (Å²) >= 11 is 10.7. The number of thioether (sulfide) groups is 2. The van der Waals surface area contributed by atoms with E-state index in [1.807, 2.05) is 6.92 Å². The molecule has 0 saturated carbocycles. The molecule has 2 aliphatic heterocycles. The van der Waals surface area contributed by atoms with Crippen LogP contribution in [0.15, 0.2) is 15.6 Å². The van der Waals surface area contributed by atoms with E-state index in [0.717, 1.165) is 9.35 Å². The number of carbonyl (C=O) groups excluding carboxylic acids is 2. The van der Waals surface area contributed by atoms with Crippen molar-refractivity contribution >= 4 is 84.6 Å². The molecule has 2 aliphatic rings. The summed E-state index contributed by atoms with van der Waals surface area (Å²) in [5.41, 5.74) is 0.655. The van der Waals surface area contributed by atoms with Gasteiger partial charge in [0.1, 0.15) is 22.1 Å². The van der Waals surface area contributed by atoms with Gasteiger partial charge in [-0.2, -0.15) is 0 Å². The Morgan fingerprint density at radius 1 is 1.46 bits per heavy atom. The Morgan fingerprint density at radius 2 is 2.21 bits per heavy atom. The third-order valence-electron chi connectivity index (χ3n) is 3.84. The molecular formula is C14H15Br2N5O4S3. The average molecular weight is 573 g/mol. The fraction of sp³-hybridized carbons (Fsp3) is 0.500. The lowest BCUT2D eigenvalue weighted by Gasteiger charge is -2.49. The molecule has 2 unspecified atom stereocenters. The van der Waals surface area contributed by atoms with Gasteiger partial charge in [0.15, 0.2) is 4.34 Å². The Hall–Kier alpha value is -0.830. The van der Waals surface area contributed by atoms with E-state index in [1.165, 1.54) is 39.8 Å². The van der Waals surface area contributed by atoms with Gasteiger partial charge in [-0.15, -0.1) is 22.0 Å². The maximum absolute atomic E-state index is 12.5. The van der Waals surface area contributed by atoms with Gasteiger partial charge < -0.3 is 15.7 Å². The van der Waals surface area contributed by atoms with Crippen molar-refractivity contribution in [2.75, 3.05) is 16.8 Å². The molecule has 3 amide bonds. The highest BCUT2D eigenvalue weighted by Gasteiger charge is 2.54. The van der Waals surface area contributed by atoms with Crippen molar-refractivity contribution in [3.8, 4) is 0 Å². The standard InChI is InChI=1S/C14H15Br2N5O4S3/c1-5-19-20-14(28-5)27-4-6-3-26-11-8(18-13(25)17-7(16)2-15)10(22)21(11)9(6)12(23)24/h7-8,11H,2-4H2,1H3,(H,23,24)(H2,17,18,25)/t7?,8?,11-/m1/s1. The number of carboxylic acids is 1. The Balaban J connectivity index is 1.69. The summed E-state index contributed by atoms with van der Waals surface area (Å²) in [7, 11) is 0. The fourth-order valence-corrected chi connectivity index (χ4v) is 6.31. The molecule has 14 heteroatoms. The van der Waals surface area contributed by atoms with Crippen LogP contribution in [0.5, 0.6) is 0 Å². The van der Waals surface area contributed by atoms with E-state index in [9.17, 15) is 19.5 Å². The van der Waals surface area contributed by atoms with Crippen LogP contribution >= 0.6 is 66.7 Å². The first-order valence-corrected chi connectivity index (χ1v) is 12.8. The number of halogens is 2. The second kappa shape index (κ2) is 9.32. The molecule has 0 bridgehead atoms. The largest absolute Gasteiger partial charge is 0.477 e. The number of aromatic nitrogens is 2. The quantitative estimate of drug-likeness (QED) is 0.196. The molecule has 152 valence electrons. The summed E-state index contributed by atoms with van der Waals surface area (Å²) in [6.07, 6.45) is 0. The van der Waals surface area contributed by atoms with Crippen LogP contribution in [-0.4, -0.2) is 71.3 Å². The van der Waals surface area contributed by atoms with Crippen LogP contribution in [-0.2, 0) is 9.59 Å². The highest BCUT2D eigenvalue weighted by atomic mass is 79.9. The lowest BCUT2D eigenvalue weighted by molar-refractivity contribution is -0.148. The summed E-state index contributed by atoms with van der Waals surface area (Å²) in [6, 6.07) is -1.25. The van der Waals surface area contributed by atoms with Gasteiger partial charge in [0.2, 0.25) is 0 Å². The highest BCUT2D eigenvalue weighted by Crippen LogP contribution is 2.41. The number of hydrogen-bond donors (Lipinski definition) is 3. The van der Waals surface area contributed by atoms with E-state index in [-0.39, 0.29) is 10.6 Å². The SMILES string of the molecule is Cc1nnc(SCC2=C(C(=O)O)N3C(=O)C(NC(=O)NC(Br)CBr)[C@H]3SC2)s1. The van der Waals surface area contributed by atoms with Gasteiger partial charge in [0, 0.05) is 16.8 Å².